The van der Waals surface area contributed by atoms with Crippen LogP contribution in [0, 0.1) is 11.8 Å². The van der Waals surface area contributed by atoms with Crippen molar-refractivity contribution in [3.63, 3.8) is 0 Å². The molecule has 2 unspecified atom stereocenters. The lowest BCUT2D eigenvalue weighted by atomic mass is 10.1. The van der Waals surface area contributed by atoms with E-state index in [9.17, 15) is 4.79 Å². The zero-order valence-electron chi connectivity index (χ0n) is 7.71. The van der Waals surface area contributed by atoms with E-state index < -0.39 is 0 Å². The average molecular weight is 204 g/mol. The third-order valence-electron chi connectivity index (χ3n) is 2.40. The Labute approximate surface area is 83.1 Å². The molecule has 12 heavy (non-hydrogen) atoms. The second kappa shape index (κ2) is 5.18. The van der Waals surface area contributed by atoms with Gasteiger partial charge in [-0.3, -0.25) is 4.79 Å². The summed E-state index contributed by atoms with van der Waals surface area (Å²) in [5.41, 5.74) is 0. The van der Waals surface area contributed by atoms with Crippen molar-refractivity contribution in [3.8, 4) is 0 Å². The molecule has 1 nitrogen and oxygen atoms in total. The van der Waals surface area contributed by atoms with Gasteiger partial charge in [0, 0.05) is 23.3 Å². The van der Waals surface area contributed by atoms with Crippen molar-refractivity contribution < 1.29 is 4.79 Å². The molecule has 0 amide bonds. The minimum atomic E-state index is 0.372. The van der Waals surface area contributed by atoms with Gasteiger partial charge < -0.3 is 0 Å². The van der Waals surface area contributed by atoms with Gasteiger partial charge in [-0.2, -0.15) is 23.5 Å². The molecule has 0 radical (unpaired) electrons. The zero-order valence-corrected chi connectivity index (χ0v) is 9.34. The number of carbonyl (C=O) groups is 1. The van der Waals surface area contributed by atoms with Crippen molar-refractivity contribution in [2.75, 3.05) is 24.0 Å². The summed E-state index contributed by atoms with van der Waals surface area (Å²) in [6, 6.07) is 0. The topological polar surface area (TPSA) is 17.1 Å². The first-order valence-corrected chi connectivity index (χ1v) is 7.10. The van der Waals surface area contributed by atoms with Crippen LogP contribution in [0.2, 0.25) is 0 Å². The monoisotopic (exact) mass is 204 g/mol. The number of carbonyl (C=O) groups excluding carboxylic acids is 1. The van der Waals surface area contributed by atoms with Gasteiger partial charge in [-0.1, -0.05) is 0 Å². The van der Waals surface area contributed by atoms with Gasteiger partial charge >= 0.3 is 0 Å². The van der Waals surface area contributed by atoms with Crippen molar-refractivity contribution >= 4 is 29.3 Å². The van der Waals surface area contributed by atoms with E-state index in [0.29, 0.717) is 17.6 Å². The smallest absolute Gasteiger partial charge is 0.140 e. The van der Waals surface area contributed by atoms with E-state index >= 15 is 0 Å². The first-order chi connectivity index (χ1) is 5.79. The summed E-state index contributed by atoms with van der Waals surface area (Å²) in [6.45, 7) is 0. The number of rotatable bonds is 4. The number of ketones is 1. The Hall–Kier alpha value is 0.370. The van der Waals surface area contributed by atoms with Crippen LogP contribution in [-0.4, -0.2) is 29.8 Å². The molecule has 1 fully saturated rings. The van der Waals surface area contributed by atoms with E-state index in [0.717, 1.165) is 24.3 Å². The van der Waals surface area contributed by atoms with Crippen LogP contribution < -0.4 is 0 Å². The second-order valence-corrected chi connectivity index (χ2v) is 5.11. The highest BCUT2D eigenvalue weighted by atomic mass is 32.2. The van der Waals surface area contributed by atoms with Crippen LogP contribution >= 0.6 is 23.5 Å². The van der Waals surface area contributed by atoms with Crippen LogP contribution in [0.1, 0.15) is 12.8 Å². The molecule has 0 aromatic carbocycles. The largest absolute Gasteiger partial charge is 0.299 e. The van der Waals surface area contributed by atoms with Crippen LogP contribution in [-0.2, 0) is 4.79 Å². The molecule has 1 aliphatic carbocycles. The molecule has 70 valence electrons. The molecule has 1 saturated carbocycles. The van der Waals surface area contributed by atoms with Gasteiger partial charge in [0.1, 0.15) is 5.78 Å². The molecular weight excluding hydrogens is 188 g/mol. The Balaban J connectivity index is 2.38. The fraction of sp³-hybridized carbons (Fsp3) is 0.889. The van der Waals surface area contributed by atoms with Gasteiger partial charge in [-0.25, -0.2) is 0 Å². The summed E-state index contributed by atoms with van der Waals surface area (Å²) in [7, 11) is 0. The summed E-state index contributed by atoms with van der Waals surface area (Å²) in [4.78, 5) is 11.7. The SMILES string of the molecule is CSCC1CCC(CSC)C1=O. The first-order valence-electron chi connectivity index (χ1n) is 4.31. The molecule has 1 rings (SSSR count). The van der Waals surface area contributed by atoms with E-state index in [1.165, 1.54) is 0 Å². The normalized spacial score (nSPS) is 29.7. The van der Waals surface area contributed by atoms with Crippen LogP contribution in [0.3, 0.4) is 0 Å². The summed E-state index contributed by atoms with van der Waals surface area (Å²) in [6.07, 6.45) is 6.42. The third-order valence-corrected chi connectivity index (χ3v) is 3.88. The molecule has 2 atom stereocenters. The average Bonchev–Trinajstić information content (AvgIpc) is 2.38. The van der Waals surface area contributed by atoms with Gasteiger partial charge in [0.25, 0.3) is 0 Å². The van der Waals surface area contributed by atoms with Gasteiger partial charge in [0.15, 0.2) is 0 Å². The van der Waals surface area contributed by atoms with E-state index in [1.807, 2.05) is 0 Å². The highest BCUT2D eigenvalue weighted by molar-refractivity contribution is 7.98. The van der Waals surface area contributed by atoms with Gasteiger partial charge in [-0.05, 0) is 25.4 Å². The molecule has 0 N–H and O–H groups in total. The molecule has 0 spiro atoms. The lowest BCUT2D eigenvalue weighted by Crippen LogP contribution is -2.17. The Bertz CT molecular complexity index is 143. The van der Waals surface area contributed by atoms with Gasteiger partial charge in [0.2, 0.25) is 0 Å². The standard InChI is InChI=1S/C9H16OS2/c1-11-5-7-3-4-8(6-12-2)9(7)10/h7-8H,3-6H2,1-2H3. The lowest BCUT2D eigenvalue weighted by Gasteiger charge is -2.07. The van der Waals surface area contributed by atoms with Gasteiger partial charge in [-0.15, -0.1) is 0 Å². The van der Waals surface area contributed by atoms with E-state index in [4.69, 9.17) is 0 Å². The highest BCUT2D eigenvalue weighted by Gasteiger charge is 2.32. The number of hydrogen-bond donors (Lipinski definition) is 0. The minimum Gasteiger partial charge on any atom is -0.299 e. The molecule has 0 heterocycles. The molecule has 0 aromatic heterocycles. The highest BCUT2D eigenvalue weighted by Crippen LogP contribution is 2.30. The molecule has 0 aromatic rings. The van der Waals surface area contributed by atoms with Crippen molar-refractivity contribution in [1.29, 1.82) is 0 Å². The molecule has 0 bridgehead atoms. The minimum absolute atomic E-state index is 0.372. The Kier molecular flexibility index (Phi) is 4.51. The Morgan fingerprint density at radius 1 is 1.17 bits per heavy atom. The second-order valence-electron chi connectivity index (χ2n) is 3.28. The van der Waals surface area contributed by atoms with Crippen molar-refractivity contribution in [3.05, 3.63) is 0 Å². The van der Waals surface area contributed by atoms with Gasteiger partial charge in [0.05, 0.1) is 0 Å². The van der Waals surface area contributed by atoms with E-state index in [-0.39, 0.29) is 0 Å². The molecular formula is C9H16OS2. The maximum atomic E-state index is 11.7. The Morgan fingerprint density at radius 3 is 1.92 bits per heavy atom. The number of Topliss-reactive ketones (excluding diaryl/α,β-unsaturated/α-hetero) is 1. The van der Waals surface area contributed by atoms with E-state index in [1.54, 1.807) is 23.5 Å². The number of thioether (sulfide) groups is 2. The number of hydrogen-bond acceptors (Lipinski definition) is 3. The van der Waals surface area contributed by atoms with Crippen LogP contribution in [0.4, 0.5) is 0 Å². The lowest BCUT2D eigenvalue weighted by molar-refractivity contribution is -0.122. The maximum Gasteiger partial charge on any atom is 0.140 e. The predicted molar refractivity (Wildman–Crippen MR) is 58.0 cm³/mol. The summed E-state index contributed by atoms with van der Waals surface area (Å²) < 4.78 is 0. The van der Waals surface area contributed by atoms with Crippen molar-refractivity contribution in [1.82, 2.24) is 0 Å². The first kappa shape index (κ1) is 10.5. The molecule has 3 heteroatoms. The fourth-order valence-electron chi connectivity index (χ4n) is 1.75. The van der Waals surface area contributed by atoms with Crippen LogP contribution in [0.15, 0.2) is 0 Å². The predicted octanol–water partition coefficient (Wildman–Crippen LogP) is 2.31. The molecule has 0 aliphatic heterocycles. The third kappa shape index (κ3) is 2.43. The fourth-order valence-corrected chi connectivity index (χ4v) is 3.22. The maximum absolute atomic E-state index is 11.7. The van der Waals surface area contributed by atoms with Crippen molar-refractivity contribution in [2.24, 2.45) is 11.8 Å². The summed E-state index contributed by atoms with van der Waals surface area (Å²) in [5, 5.41) is 0. The van der Waals surface area contributed by atoms with Crippen molar-refractivity contribution in [2.45, 2.75) is 12.8 Å². The van der Waals surface area contributed by atoms with E-state index in [2.05, 4.69) is 12.5 Å². The van der Waals surface area contributed by atoms with Crippen LogP contribution in [0.5, 0.6) is 0 Å². The summed E-state index contributed by atoms with van der Waals surface area (Å²) >= 11 is 3.59. The summed E-state index contributed by atoms with van der Waals surface area (Å²) in [5.74, 6) is 3.33. The Morgan fingerprint density at radius 2 is 1.58 bits per heavy atom. The quantitative estimate of drug-likeness (QED) is 0.699. The van der Waals surface area contributed by atoms with Crippen LogP contribution in [0.25, 0.3) is 0 Å². The molecule has 0 saturated heterocycles. The molecule has 1 aliphatic rings. The zero-order chi connectivity index (χ0) is 8.97.